The van der Waals surface area contributed by atoms with Gasteiger partial charge in [-0.1, -0.05) is 48.5 Å². The summed E-state index contributed by atoms with van der Waals surface area (Å²) >= 11 is 1.59. The van der Waals surface area contributed by atoms with E-state index in [1.54, 1.807) is 11.8 Å². The van der Waals surface area contributed by atoms with Crippen LogP contribution in [0.2, 0.25) is 0 Å². The van der Waals surface area contributed by atoms with Gasteiger partial charge in [0.05, 0.1) is 6.04 Å². The Kier molecular flexibility index (Phi) is 6.01. The van der Waals surface area contributed by atoms with Crippen LogP contribution in [0.25, 0.3) is 0 Å². The number of hydrogen-bond donors (Lipinski definition) is 0. The first-order chi connectivity index (χ1) is 13.7. The minimum atomic E-state index is -0.199. The van der Waals surface area contributed by atoms with E-state index < -0.39 is 0 Å². The molecule has 2 atom stereocenters. The van der Waals surface area contributed by atoms with E-state index in [4.69, 9.17) is 0 Å². The zero-order valence-electron chi connectivity index (χ0n) is 16.8. The summed E-state index contributed by atoms with van der Waals surface area (Å²) in [5, 5.41) is 9.62. The fraction of sp³-hybridized carbons (Fsp3) is 0.571. The molecule has 2 fully saturated rings. The predicted octanol–water partition coefficient (Wildman–Crippen LogP) is 3.43. The minimum absolute atomic E-state index is 0.0157. The lowest BCUT2D eigenvalue weighted by atomic mass is 10.00. The molecule has 2 aliphatic heterocycles. The maximum Gasteiger partial charge on any atom is 0.245 e. The molecule has 3 heterocycles. The third kappa shape index (κ3) is 3.70. The molecule has 0 N–H and O–H groups in total. The molecule has 1 aromatic heterocycles. The Balaban J connectivity index is 1.64. The first-order valence-corrected chi connectivity index (χ1v) is 11.5. The van der Waals surface area contributed by atoms with E-state index in [0.717, 1.165) is 49.0 Å². The molecule has 0 radical (unpaired) electrons. The Morgan fingerprint density at radius 3 is 2.50 bits per heavy atom. The summed E-state index contributed by atoms with van der Waals surface area (Å²) in [5.41, 5.74) is 1.10. The maximum atomic E-state index is 13.8. The van der Waals surface area contributed by atoms with Crippen molar-refractivity contribution in [2.24, 2.45) is 7.05 Å². The van der Waals surface area contributed by atoms with Crippen LogP contribution in [0, 0.1) is 0 Å². The number of thioether (sulfide) groups is 1. The van der Waals surface area contributed by atoms with Gasteiger partial charge in [-0.05, 0) is 50.6 Å². The Labute approximate surface area is 171 Å². The fourth-order valence-electron chi connectivity index (χ4n) is 4.57. The second kappa shape index (κ2) is 8.66. The van der Waals surface area contributed by atoms with Crippen molar-refractivity contribution in [1.82, 2.24) is 24.6 Å². The van der Waals surface area contributed by atoms with E-state index in [1.165, 1.54) is 19.3 Å². The highest BCUT2D eigenvalue weighted by molar-refractivity contribution is 7.98. The van der Waals surface area contributed by atoms with Gasteiger partial charge in [0.15, 0.2) is 11.0 Å². The van der Waals surface area contributed by atoms with Crippen LogP contribution in [-0.4, -0.2) is 56.4 Å². The standard InChI is InChI=1S/C21H29N5OS/c1-24-19(22-23-21(24)28-2)17-12-9-15-26(17)20(27)18(16-10-5-3-6-11-16)25-13-7-4-8-14-25/h3,5-6,10-11,17-18H,4,7-9,12-15H2,1-2H3/t17-,18+/m1/s1. The van der Waals surface area contributed by atoms with Gasteiger partial charge in [-0.25, -0.2) is 0 Å². The number of piperidine rings is 1. The molecule has 0 saturated carbocycles. The molecule has 2 saturated heterocycles. The molecule has 7 heteroatoms. The second-order valence-corrected chi connectivity index (χ2v) is 8.48. The average Bonchev–Trinajstić information content (AvgIpc) is 3.36. The lowest BCUT2D eigenvalue weighted by Gasteiger charge is -2.37. The summed E-state index contributed by atoms with van der Waals surface area (Å²) in [4.78, 5) is 18.3. The van der Waals surface area contributed by atoms with Crippen molar-refractivity contribution >= 4 is 17.7 Å². The molecule has 0 aliphatic carbocycles. The summed E-state index contributed by atoms with van der Waals surface area (Å²) in [6.45, 7) is 2.77. The third-order valence-corrected chi connectivity index (χ3v) is 6.71. The van der Waals surface area contributed by atoms with E-state index in [2.05, 4.69) is 32.1 Å². The SMILES string of the molecule is CSc1nnc([C@H]2CCCN2C(=O)[C@H](c2ccccc2)N2CCCCC2)n1C. The van der Waals surface area contributed by atoms with Crippen LogP contribution < -0.4 is 0 Å². The van der Waals surface area contributed by atoms with E-state index in [1.807, 2.05) is 36.1 Å². The molecule has 4 rings (SSSR count). The molecule has 0 spiro atoms. The zero-order valence-corrected chi connectivity index (χ0v) is 17.6. The smallest absolute Gasteiger partial charge is 0.245 e. The number of carbonyl (C=O) groups excluding carboxylic acids is 1. The van der Waals surface area contributed by atoms with Crippen molar-refractivity contribution < 1.29 is 4.79 Å². The van der Waals surface area contributed by atoms with Crippen molar-refractivity contribution in [3.05, 3.63) is 41.7 Å². The van der Waals surface area contributed by atoms with Crippen LogP contribution in [0.5, 0.6) is 0 Å². The molecule has 2 aliphatic rings. The highest BCUT2D eigenvalue weighted by Gasteiger charge is 2.39. The topological polar surface area (TPSA) is 54.3 Å². The quantitative estimate of drug-likeness (QED) is 0.721. The van der Waals surface area contributed by atoms with Gasteiger partial charge in [0.1, 0.15) is 6.04 Å². The maximum absolute atomic E-state index is 13.8. The molecule has 1 amide bonds. The highest BCUT2D eigenvalue weighted by Crippen LogP contribution is 2.36. The van der Waals surface area contributed by atoms with Crippen molar-refractivity contribution in [1.29, 1.82) is 0 Å². The molecule has 0 bridgehead atoms. The van der Waals surface area contributed by atoms with Gasteiger partial charge in [-0.2, -0.15) is 0 Å². The van der Waals surface area contributed by atoms with Crippen LogP contribution in [0.3, 0.4) is 0 Å². The van der Waals surface area contributed by atoms with Crippen molar-refractivity contribution in [3.8, 4) is 0 Å². The van der Waals surface area contributed by atoms with Crippen LogP contribution in [0.1, 0.15) is 55.6 Å². The van der Waals surface area contributed by atoms with Crippen molar-refractivity contribution in [2.45, 2.75) is 49.3 Å². The summed E-state index contributed by atoms with van der Waals surface area (Å²) in [5.74, 6) is 1.12. The number of hydrogen-bond acceptors (Lipinski definition) is 5. The highest BCUT2D eigenvalue weighted by atomic mass is 32.2. The summed E-state index contributed by atoms with van der Waals surface area (Å²) in [6.07, 6.45) is 7.57. The lowest BCUT2D eigenvalue weighted by Crippen LogP contribution is -2.45. The Morgan fingerprint density at radius 1 is 1.07 bits per heavy atom. The molecular weight excluding hydrogens is 370 g/mol. The molecule has 2 aromatic rings. The van der Waals surface area contributed by atoms with Gasteiger partial charge in [0.2, 0.25) is 5.91 Å². The van der Waals surface area contributed by atoms with E-state index in [9.17, 15) is 4.79 Å². The van der Waals surface area contributed by atoms with Crippen molar-refractivity contribution in [2.75, 3.05) is 25.9 Å². The number of benzene rings is 1. The van der Waals surface area contributed by atoms with Gasteiger partial charge < -0.3 is 9.47 Å². The molecule has 1 aromatic carbocycles. The average molecular weight is 400 g/mol. The van der Waals surface area contributed by atoms with Crippen molar-refractivity contribution in [3.63, 3.8) is 0 Å². The normalized spacial score (nSPS) is 21.8. The number of likely N-dealkylation sites (tertiary alicyclic amines) is 2. The summed E-state index contributed by atoms with van der Waals surface area (Å²) in [6, 6.07) is 10.1. The monoisotopic (exact) mass is 399 g/mol. The first kappa shape index (κ1) is 19.5. The predicted molar refractivity (Wildman–Crippen MR) is 111 cm³/mol. The number of rotatable bonds is 5. The lowest BCUT2D eigenvalue weighted by molar-refractivity contribution is -0.139. The largest absolute Gasteiger partial charge is 0.331 e. The first-order valence-electron chi connectivity index (χ1n) is 10.2. The van der Waals surface area contributed by atoms with E-state index in [-0.39, 0.29) is 18.0 Å². The number of amides is 1. The zero-order chi connectivity index (χ0) is 19.5. The Bertz CT molecular complexity index is 802. The van der Waals surface area contributed by atoms with Crippen LogP contribution in [-0.2, 0) is 11.8 Å². The Morgan fingerprint density at radius 2 is 1.82 bits per heavy atom. The molecular formula is C21H29N5OS. The molecule has 6 nitrogen and oxygen atoms in total. The van der Waals surface area contributed by atoms with Gasteiger partial charge in [0.25, 0.3) is 0 Å². The summed E-state index contributed by atoms with van der Waals surface area (Å²) in [7, 11) is 2.00. The van der Waals surface area contributed by atoms with Gasteiger partial charge in [-0.15, -0.1) is 10.2 Å². The molecule has 0 unspecified atom stereocenters. The van der Waals surface area contributed by atoms with Gasteiger partial charge in [-0.3, -0.25) is 9.69 Å². The Hall–Kier alpha value is -1.86. The fourth-order valence-corrected chi connectivity index (χ4v) is 5.06. The second-order valence-electron chi connectivity index (χ2n) is 7.70. The van der Waals surface area contributed by atoms with Crippen LogP contribution in [0.4, 0.5) is 0 Å². The van der Waals surface area contributed by atoms with Gasteiger partial charge in [0, 0.05) is 13.6 Å². The van der Waals surface area contributed by atoms with Crippen LogP contribution in [0.15, 0.2) is 35.5 Å². The molecule has 28 heavy (non-hydrogen) atoms. The number of nitrogens with zero attached hydrogens (tertiary/aromatic N) is 5. The van der Waals surface area contributed by atoms with E-state index >= 15 is 0 Å². The minimum Gasteiger partial charge on any atom is -0.331 e. The number of aromatic nitrogens is 3. The third-order valence-electron chi connectivity index (χ3n) is 5.99. The van der Waals surface area contributed by atoms with E-state index in [0.29, 0.717) is 0 Å². The summed E-state index contributed by atoms with van der Waals surface area (Å²) < 4.78 is 2.04. The number of carbonyl (C=O) groups is 1. The van der Waals surface area contributed by atoms with Gasteiger partial charge >= 0.3 is 0 Å². The van der Waals surface area contributed by atoms with Crippen LogP contribution >= 0.6 is 11.8 Å². The molecule has 150 valence electrons.